The van der Waals surface area contributed by atoms with E-state index in [1.54, 1.807) is 18.2 Å². The standard InChI is InChI=1S/C27H28N4O3S/c1-35(33,34)30-22-13-14-24-23(17-22)25(27(32)29-24)26(20-7-3-2-4-8-20)28-21-11-9-19(10-12-21)18-31-15-5-6-16-31/h2-4,7-14,17,28,30H,5-6,15-16,18H2,1H3,(H,29,32)/b26-25+. The van der Waals surface area contributed by atoms with Gasteiger partial charge < -0.3 is 10.6 Å². The molecule has 2 aliphatic heterocycles. The van der Waals surface area contributed by atoms with Gasteiger partial charge >= 0.3 is 0 Å². The average molecular weight is 489 g/mol. The number of rotatable bonds is 7. The molecule has 0 saturated carbocycles. The van der Waals surface area contributed by atoms with Gasteiger partial charge in [0.15, 0.2) is 0 Å². The molecule has 3 aromatic carbocycles. The van der Waals surface area contributed by atoms with Crippen LogP contribution < -0.4 is 15.4 Å². The molecule has 35 heavy (non-hydrogen) atoms. The summed E-state index contributed by atoms with van der Waals surface area (Å²) >= 11 is 0. The van der Waals surface area contributed by atoms with Crippen molar-refractivity contribution in [1.29, 1.82) is 0 Å². The molecule has 0 aromatic heterocycles. The molecule has 2 aliphatic rings. The quantitative estimate of drug-likeness (QED) is 0.424. The molecule has 2 heterocycles. The highest BCUT2D eigenvalue weighted by Gasteiger charge is 2.29. The van der Waals surface area contributed by atoms with E-state index in [2.05, 4.69) is 32.4 Å². The third kappa shape index (κ3) is 5.39. The fourth-order valence-electron chi connectivity index (χ4n) is 4.61. The zero-order valence-electron chi connectivity index (χ0n) is 19.5. The van der Waals surface area contributed by atoms with Gasteiger partial charge in [0.1, 0.15) is 0 Å². The third-order valence-electron chi connectivity index (χ3n) is 6.21. The number of sulfonamides is 1. The first-order chi connectivity index (χ1) is 16.9. The molecular formula is C27H28N4O3S. The maximum Gasteiger partial charge on any atom is 0.258 e. The zero-order valence-corrected chi connectivity index (χ0v) is 20.4. The first-order valence-corrected chi connectivity index (χ1v) is 13.6. The SMILES string of the molecule is CS(=O)(=O)Nc1ccc2c(c1)/C(=C(\Nc1ccc(CN3CCCC3)cc1)c1ccccc1)C(=O)N2. The van der Waals surface area contributed by atoms with Gasteiger partial charge in [0, 0.05) is 29.2 Å². The van der Waals surface area contributed by atoms with Gasteiger partial charge in [-0.1, -0.05) is 42.5 Å². The Morgan fingerprint density at radius 1 is 0.943 bits per heavy atom. The summed E-state index contributed by atoms with van der Waals surface area (Å²) in [5.41, 5.74) is 5.78. The van der Waals surface area contributed by atoms with Crippen LogP contribution in [0.4, 0.5) is 17.1 Å². The van der Waals surface area contributed by atoms with Gasteiger partial charge in [-0.3, -0.25) is 14.4 Å². The Balaban J connectivity index is 1.52. The predicted octanol–water partition coefficient (Wildman–Crippen LogP) is 4.59. The highest BCUT2D eigenvalue weighted by atomic mass is 32.2. The summed E-state index contributed by atoms with van der Waals surface area (Å²) in [6, 6.07) is 23.0. The van der Waals surface area contributed by atoms with E-state index in [4.69, 9.17) is 0 Å². The van der Waals surface area contributed by atoms with Gasteiger partial charge in [0.2, 0.25) is 10.0 Å². The van der Waals surface area contributed by atoms with Gasteiger partial charge in [-0.2, -0.15) is 0 Å². The maximum atomic E-state index is 13.1. The highest BCUT2D eigenvalue weighted by molar-refractivity contribution is 7.92. The Labute approximate surface area is 205 Å². The fourth-order valence-corrected chi connectivity index (χ4v) is 5.17. The Bertz CT molecular complexity index is 1380. The highest BCUT2D eigenvalue weighted by Crippen LogP contribution is 2.39. The summed E-state index contributed by atoms with van der Waals surface area (Å²) in [5.74, 6) is -0.242. The van der Waals surface area contributed by atoms with Crippen LogP contribution in [0, 0.1) is 0 Å². The van der Waals surface area contributed by atoms with E-state index in [9.17, 15) is 13.2 Å². The van der Waals surface area contributed by atoms with Gasteiger partial charge in [0.25, 0.3) is 5.91 Å². The number of nitrogens with one attached hydrogen (secondary N) is 3. The normalized spacial score (nSPS) is 17.1. The second-order valence-electron chi connectivity index (χ2n) is 9.01. The van der Waals surface area contributed by atoms with Crippen LogP contribution in [0.25, 0.3) is 11.3 Å². The number of benzene rings is 3. The molecule has 5 rings (SSSR count). The minimum absolute atomic E-state index is 0.242. The van der Waals surface area contributed by atoms with Gasteiger partial charge in [-0.25, -0.2) is 8.42 Å². The van der Waals surface area contributed by atoms with E-state index in [0.717, 1.165) is 37.1 Å². The Hall–Kier alpha value is -3.62. The van der Waals surface area contributed by atoms with Crippen LogP contribution in [0.15, 0.2) is 72.8 Å². The summed E-state index contributed by atoms with van der Waals surface area (Å²) in [6.45, 7) is 3.24. The summed E-state index contributed by atoms with van der Waals surface area (Å²) in [4.78, 5) is 15.6. The van der Waals surface area contributed by atoms with Crippen molar-refractivity contribution in [2.75, 3.05) is 34.7 Å². The van der Waals surface area contributed by atoms with E-state index in [1.165, 1.54) is 18.4 Å². The third-order valence-corrected chi connectivity index (χ3v) is 6.81. The topological polar surface area (TPSA) is 90.5 Å². The van der Waals surface area contributed by atoms with Crippen molar-refractivity contribution in [1.82, 2.24) is 4.90 Å². The Morgan fingerprint density at radius 3 is 2.31 bits per heavy atom. The average Bonchev–Trinajstić information content (AvgIpc) is 3.45. The van der Waals surface area contributed by atoms with Crippen LogP contribution in [-0.2, 0) is 21.4 Å². The Morgan fingerprint density at radius 2 is 1.63 bits per heavy atom. The van der Waals surface area contributed by atoms with E-state index < -0.39 is 10.0 Å². The largest absolute Gasteiger partial charge is 0.354 e. The number of anilines is 3. The molecule has 1 saturated heterocycles. The van der Waals surface area contributed by atoms with E-state index in [0.29, 0.717) is 28.2 Å². The number of hydrogen-bond donors (Lipinski definition) is 3. The molecule has 0 aliphatic carbocycles. The molecule has 8 heteroatoms. The lowest BCUT2D eigenvalue weighted by Crippen LogP contribution is -2.18. The molecule has 0 unspecified atom stereocenters. The van der Waals surface area contributed by atoms with Gasteiger partial charge in [-0.05, 0) is 67.4 Å². The number of amides is 1. The molecule has 180 valence electrons. The summed E-state index contributed by atoms with van der Waals surface area (Å²) in [5, 5.41) is 6.37. The van der Waals surface area contributed by atoms with Crippen LogP contribution in [-0.4, -0.2) is 38.6 Å². The first-order valence-electron chi connectivity index (χ1n) is 11.7. The number of hydrogen-bond acceptors (Lipinski definition) is 5. The minimum Gasteiger partial charge on any atom is -0.354 e. The lowest BCUT2D eigenvalue weighted by atomic mass is 9.99. The lowest BCUT2D eigenvalue weighted by Gasteiger charge is -2.17. The second-order valence-corrected chi connectivity index (χ2v) is 10.8. The van der Waals surface area contributed by atoms with E-state index in [1.807, 2.05) is 42.5 Å². The van der Waals surface area contributed by atoms with Gasteiger partial charge in [0.05, 0.1) is 17.5 Å². The lowest BCUT2D eigenvalue weighted by molar-refractivity contribution is -0.110. The number of nitrogens with zero attached hydrogens (tertiary/aromatic N) is 1. The predicted molar refractivity (Wildman–Crippen MR) is 141 cm³/mol. The van der Waals surface area contributed by atoms with Crippen molar-refractivity contribution in [2.45, 2.75) is 19.4 Å². The summed E-state index contributed by atoms with van der Waals surface area (Å²) in [7, 11) is -3.45. The van der Waals surface area contributed by atoms with E-state index >= 15 is 0 Å². The fraction of sp³-hybridized carbons (Fsp3) is 0.222. The van der Waals surface area contributed by atoms with E-state index in [-0.39, 0.29) is 5.91 Å². The first kappa shape index (κ1) is 23.1. The Kier molecular flexibility index (Phi) is 6.32. The molecule has 0 spiro atoms. The smallest absolute Gasteiger partial charge is 0.258 e. The van der Waals surface area contributed by atoms with Crippen molar-refractivity contribution in [3.63, 3.8) is 0 Å². The molecule has 3 aromatic rings. The van der Waals surface area contributed by atoms with Crippen molar-refractivity contribution in [3.8, 4) is 0 Å². The van der Waals surface area contributed by atoms with Gasteiger partial charge in [-0.15, -0.1) is 0 Å². The molecule has 0 atom stereocenters. The molecule has 7 nitrogen and oxygen atoms in total. The van der Waals surface area contributed by atoms with Crippen LogP contribution in [0.1, 0.15) is 29.5 Å². The second kappa shape index (κ2) is 9.56. The molecule has 3 N–H and O–H groups in total. The maximum absolute atomic E-state index is 13.1. The van der Waals surface area contributed by atoms with Crippen molar-refractivity contribution < 1.29 is 13.2 Å². The number of carbonyl (C=O) groups excluding carboxylic acids is 1. The monoisotopic (exact) mass is 488 g/mol. The summed E-state index contributed by atoms with van der Waals surface area (Å²) < 4.78 is 26.0. The van der Waals surface area contributed by atoms with Crippen LogP contribution in [0.3, 0.4) is 0 Å². The number of fused-ring (bicyclic) bond motifs is 1. The number of carbonyl (C=O) groups is 1. The molecular weight excluding hydrogens is 460 g/mol. The van der Waals surface area contributed by atoms with Crippen molar-refractivity contribution in [3.05, 3.63) is 89.5 Å². The molecule has 1 fully saturated rings. The zero-order chi connectivity index (χ0) is 24.4. The minimum atomic E-state index is -3.45. The summed E-state index contributed by atoms with van der Waals surface area (Å²) in [6.07, 6.45) is 3.63. The molecule has 0 radical (unpaired) electrons. The number of likely N-dealkylation sites (tertiary alicyclic amines) is 1. The van der Waals surface area contributed by atoms with Crippen molar-refractivity contribution >= 4 is 44.3 Å². The van der Waals surface area contributed by atoms with Crippen LogP contribution >= 0.6 is 0 Å². The van der Waals surface area contributed by atoms with Crippen molar-refractivity contribution in [2.24, 2.45) is 0 Å². The molecule has 0 bridgehead atoms. The molecule has 1 amide bonds. The van der Waals surface area contributed by atoms with Crippen LogP contribution in [0.5, 0.6) is 0 Å². The van der Waals surface area contributed by atoms with Crippen LogP contribution in [0.2, 0.25) is 0 Å².